The Hall–Kier alpha value is -0.981. The standard InChI is InChI=1S/C15H14ClNO7P2Se/c16-10-3-6-13-12(8-10)15(18)17(27-13)11-4-1-9(2-5-11)7-14(25(19,20)21)26(22,23)24/h1-6,8,14H,7H2,(H2,19,20,21)(H2,22,23,24). The van der Waals surface area contributed by atoms with E-state index >= 15 is 0 Å². The van der Waals surface area contributed by atoms with Gasteiger partial charge in [0, 0.05) is 0 Å². The van der Waals surface area contributed by atoms with E-state index in [-0.39, 0.29) is 20.3 Å². The first-order chi connectivity index (χ1) is 12.5. The van der Waals surface area contributed by atoms with E-state index in [0.717, 1.165) is 4.26 Å². The van der Waals surface area contributed by atoms with Crippen LogP contribution in [0, 0.1) is 0 Å². The van der Waals surface area contributed by atoms with Gasteiger partial charge in [-0.15, -0.1) is 0 Å². The first-order valence-corrected chi connectivity index (χ1v) is 12.8. The molecule has 27 heavy (non-hydrogen) atoms. The Kier molecular flexibility index (Phi) is 5.72. The summed E-state index contributed by atoms with van der Waals surface area (Å²) in [5.74, 6) is 0. The molecule has 4 N–H and O–H groups in total. The molecule has 3 rings (SSSR count). The number of aromatic nitrogens is 1. The average Bonchev–Trinajstić information content (AvgIpc) is 2.88. The number of hydrogen-bond donors (Lipinski definition) is 4. The van der Waals surface area contributed by atoms with Crippen molar-refractivity contribution in [2.45, 2.75) is 11.8 Å². The number of fused-ring (bicyclic) bond motifs is 1. The Labute approximate surface area is 164 Å². The van der Waals surface area contributed by atoms with Gasteiger partial charge in [-0.2, -0.15) is 0 Å². The van der Waals surface area contributed by atoms with Crippen LogP contribution >= 0.6 is 26.8 Å². The third kappa shape index (κ3) is 4.54. The summed E-state index contributed by atoms with van der Waals surface area (Å²) in [4.78, 5) is 49.4. The molecule has 0 spiro atoms. The van der Waals surface area contributed by atoms with Gasteiger partial charge in [0.1, 0.15) is 0 Å². The Balaban J connectivity index is 1.94. The van der Waals surface area contributed by atoms with Gasteiger partial charge in [0.2, 0.25) is 0 Å². The fourth-order valence-electron chi connectivity index (χ4n) is 2.58. The van der Waals surface area contributed by atoms with E-state index in [9.17, 15) is 33.5 Å². The van der Waals surface area contributed by atoms with E-state index in [1.165, 1.54) is 12.1 Å². The third-order valence-corrected chi connectivity index (χ3v) is 10.2. The molecular weight excluding hydrogens is 483 g/mol. The first kappa shape index (κ1) is 20.7. The summed E-state index contributed by atoms with van der Waals surface area (Å²) in [6.07, 6.45) is -0.482. The van der Waals surface area contributed by atoms with Crippen molar-refractivity contribution >= 4 is 51.2 Å². The SMILES string of the molecule is O=c1c2cc(Cl)ccc2[se]n1-c1ccc(CC(P(=O)(O)O)P(=O)(O)O)cc1. The van der Waals surface area contributed by atoms with Crippen LogP contribution in [-0.4, -0.2) is 43.3 Å². The molecule has 12 heteroatoms. The fourth-order valence-corrected chi connectivity index (χ4v) is 7.27. The monoisotopic (exact) mass is 497 g/mol. The van der Waals surface area contributed by atoms with E-state index in [1.54, 1.807) is 33.9 Å². The van der Waals surface area contributed by atoms with Gasteiger partial charge in [0.25, 0.3) is 0 Å². The van der Waals surface area contributed by atoms with Crippen LogP contribution in [0.1, 0.15) is 5.56 Å². The molecular formula is C15H14ClNO7P2Se. The van der Waals surface area contributed by atoms with Crippen LogP contribution in [0.2, 0.25) is 5.02 Å². The molecule has 3 aromatic rings. The Morgan fingerprint density at radius 1 is 1.00 bits per heavy atom. The van der Waals surface area contributed by atoms with Crippen LogP contribution < -0.4 is 5.56 Å². The number of hydrogen-bond acceptors (Lipinski definition) is 3. The minimum absolute atomic E-state index is 0.191. The maximum atomic E-state index is 12.6. The normalized spacial score (nSPS) is 12.8. The molecule has 1 heterocycles. The van der Waals surface area contributed by atoms with E-state index in [2.05, 4.69) is 0 Å². The zero-order chi connectivity index (χ0) is 20.0. The second-order valence-corrected chi connectivity index (χ2v) is 12.4. The minimum atomic E-state index is -4.99. The molecule has 1 aromatic heterocycles. The van der Waals surface area contributed by atoms with Crippen LogP contribution in [0.25, 0.3) is 15.3 Å². The molecule has 0 fully saturated rings. The molecule has 2 aromatic carbocycles. The molecule has 8 nitrogen and oxygen atoms in total. The van der Waals surface area contributed by atoms with Crippen molar-refractivity contribution < 1.29 is 28.7 Å². The fraction of sp³-hybridized carbons (Fsp3) is 0.133. The van der Waals surface area contributed by atoms with Crippen molar-refractivity contribution in [3.05, 3.63) is 63.4 Å². The summed E-state index contributed by atoms with van der Waals surface area (Å²) in [7, 11) is -9.97. The zero-order valence-electron chi connectivity index (χ0n) is 13.5. The summed E-state index contributed by atoms with van der Waals surface area (Å²) in [6.45, 7) is 0. The molecule has 0 unspecified atom stereocenters. The van der Waals surface area contributed by atoms with E-state index in [1.807, 2.05) is 0 Å². The van der Waals surface area contributed by atoms with Crippen molar-refractivity contribution in [2.75, 3.05) is 0 Å². The molecule has 0 bridgehead atoms. The number of nitrogens with zero attached hydrogens (tertiary/aromatic N) is 1. The van der Waals surface area contributed by atoms with Crippen molar-refractivity contribution in [1.82, 2.24) is 3.56 Å². The zero-order valence-corrected chi connectivity index (χ0v) is 17.7. The first-order valence-electron chi connectivity index (χ1n) is 7.48. The predicted molar refractivity (Wildman–Crippen MR) is 103 cm³/mol. The average molecular weight is 497 g/mol. The van der Waals surface area contributed by atoms with Gasteiger partial charge < -0.3 is 0 Å². The number of rotatable bonds is 5. The molecule has 0 saturated heterocycles. The quantitative estimate of drug-likeness (QED) is 0.313. The molecule has 0 atom stereocenters. The summed E-state index contributed by atoms with van der Waals surface area (Å²) in [5, 5.41) is -1.09. The molecule has 0 saturated carbocycles. The molecule has 0 aliphatic carbocycles. The van der Waals surface area contributed by atoms with Crippen molar-refractivity contribution in [1.29, 1.82) is 0 Å². The molecule has 0 aliphatic heterocycles. The van der Waals surface area contributed by atoms with Gasteiger partial charge >= 0.3 is 164 Å². The summed E-state index contributed by atoms with van der Waals surface area (Å²) < 4.78 is 25.3. The van der Waals surface area contributed by atoms with Gasteiger partial charge in [0.15, 0.2) is 0 Å². The second-order valence-electron chi connectivity index (χ2n) is 5.86. The van der Waals surface area contributed by atoms with Gasteiger partial charge in [-0.1, -0.05) is 0 Å². The van der Waals surface area contributed by atoms with Crippen LogP contribution in [0.4, 0.5) is 0 Å². The maximum absolute atomic E-state index is 12.6. The topological polar surface area (TPSA) is 137 Å². The van der Waals surface area contributed by atoms with Crippen LogP contribution in [0.15, 0.2) is 47.3 Å². The third-order valence-electron chi connectivity index (χ3n) is 3.91. The van der Waals surface area contributed by atoms with Gasteiger partial charge in [-0.05, 0) is 0 Å². The number of halogens is 1. The van der Waals surface area contributed by atoms with Gasteiger partial charge in [-0.3, -0.25) is 0 Å². The van der Waals surface area contributed by atoms with E-state index < -0.39 is 27.0 Å². The van der Waals surface area contributed by atoms with Crippen LogP contribution in [0.3, 0.4) is 0 Å². The van der Waals surface area contributed by atoms with Gasteiger partial charge in [0.05, 0.1) is 0 Å². The predicted octanol–water partition coefficient (Wildman–Crippen LogP) is 1.93. The summed E-state index contributed by atoms with van der Waals surface area (Å²) in [5.41, 5.74) is 0.735. The molecule has 144 valence electrons. The number of benzene rings is 2. The van der Waals surface area contributed by atoms with Crippen molar-refractivity contribution in [2.24, 2.45) is 0 Å². The Bertz CT molecular complexity index is 1120. The van der Waals surface area contributed by atoms with E-state index in [4.69, 9.17) is 11.6 Å². The summed E-state index contributed by atoms with van der Waals surface area (Å²) in [6, 6.07) is 11.3. The molecule has 0 aliphatic rings. The molecule has 0 radical (unpaired) electrons. The van der Waals surface area contributed by atoms with Crippen molar-refractivity contribution in [3.8, 4) is 5.69 Å². The second kappa shape index (κ2) is 7.45. The molecule has 0 amide bonds. The van der Waals surface area contributed by atoms with Crippen LogP contribution in [-0.2, 0) is 15.6 Å². The summed E-state index contributed by atoms with van der Waals surface area (Å²) >= 11 is 5.65. The van der Waals surface area contributed by atoms with Crippen molar-refractivity contribution in [3.63, 3.8) is 0 Å². The van der Waals surface area contributed by atoms with Crippen LogP contribution in [0.5, 0.6) is 0 Å². The van der Waals surface area contributed by atoms with E-state index in [0.29, 0.717) is 21.7 Å². The Morgan fingerprint density at radius 2 is 1.59 bits per heavy atom. The Morgan fingerprint density at radius 3 is 2.15 bits per heavy atom. The van der Waals surface area contributed by atoms with Gasteiger partial charge in [-0.25, -0.2) is 0 Å².